The second-order valence-electron chi connectivity index (χ2n) is 6.65. The first kappa shape index (κ1) is 18.4. The molecular weight excluding hydrogens is 376 g/mol. The van der Waals surface area contributed by atoms with Crippen LogP contribution >= 0.6 is 11.6 Å². The van der Waals surface area contributed by atoms with Crippen molar-refractivity contribution in [1.82, 2.24) is 9.88 Å². The molecule has 2 aromatic heterocycles. The monoisotopic (exact) mass is 396 g/mol. The van der Waals surface area contributed by atoms with E-state index >= 15 is 0 Å². The average Bonchev–Trinajstić information content (AvgIpc) is 3.26. The molecule has 3 heterocycles. The van der Waals surface area contributed by atoms with Gasteiger partial charge in [0.25, 0.3) is 5.91 Å². The van der Waals surface area contributed by atoms with Gasteiger partial charge < -0.3 is 19.5 Å². The molecule has 7 heteroatoms. The number of pyridine rings is 1. The van der Waals surface area contributed by atoms with Crippen molar-refractivity contribution in [2.24, 2.45) is 0 Å². The van der Waals surface area contributed by atoms with E-state index in [0.717, 1.165) is 35.2 Å². The van der Waals surface area contributed by atoms with Crippen LogP contribution in [-0.4, -0.2) is 42.0 Å². The van der Waals surface area contributed by atoms with Crippen molar-refractivity contribution in [2.75, 3.05) is 36.4 Å². The van der Waals surface area contributed by atoms with Gasteiger partial charge in [-0.2, -0.15) is 0 Å². The smallest absolute Gasteiger partial charge is 0.255 e. The van der Waals surface area contributed by atoms with Gasteiger partial charge in [-0.15, -0.1) is 0 Å². The summed E-state index contributed by atoms with van der Waals surface area (Å²) in [5.74, 6) is 0.828. The van der Waals surface area contributed by atoms with Gasteiger partial charge in [-0.3, -0.25) is 9.78 Å². The van der Waals surface area contributed by atoms with E-state index in [1.54, 1.807) is 18.7 Å². The number of amides is 1. The highest BCUT2D eigenvalue weighted by Crippen LogP contribution is 2.21. The Bertz CT molecular complexity index is 937. The molecule has 1 aromatic carbocycles. The first-order chi connectivity index (χ1) is 13.7. The van der Waals surface area contributed by atoms with E-state index in [4.69, 9.17) is 16.0 Å². The Morgan fingerprint density at radius 2 is 1.96 bits per heavy atom. The summed E-state index contributed by atoms with van der Waals surface area (Å²) >= 11 is 6.09. The predicted octanol–water partition coefficient (Wildman–Crippen LogP) is 3.90. The summed E-state index contributed by atoms with van der Waals surface area (Å²) in [7, 11) is 0. The summed E-state index contributed by atoms with van der Waals surface area (Å²) in [4.78, 5) is 21.2. The van der Waals surface area contributed by atoms with E-state index in [0.29, 0.717) is 25.2 Å². The number of benzene rings is 1. The van der Waals surface area contributed by atoms with Gasteiger partial charge in [-0.05, 0) is 36.4 Å². The average molecular weight is 397 g/mol. The van der Waals surface area contributed by atoms with Gasteiger partial charge >= 0.3 is 0 Å². The van der Waals surface area contributed by atoms with Crippen molar-refractivity contribution in [1.29, 1.82) is 0 Å². The third-order valence-corrected chi connectivity index (χ3v) is 5.01. The largest absolute Gasteiger partial charge is 0.467 e. The lowest BCUT2D eigenvalue weighted by Gasteiger charge is -2.36. The van der Waals surface area contributed by atoms with Crippen molar-refractivity contribution in [3.8, 4) is 0 Å². The highest BCUT2D eigenvalue weighted by atomic mass is 35.5. The minimum atomic E-state index is -0.0000994. The van der Waals surface area contributed by atoms with Crippen molar-refractivity contribution in [2.45, 2.75) is 6.54 Å². The SMILES string of the molecule is O=C(c1cncc(NCc2ccco2)c1)N1CCN(c2cccc(Cl)c2)CC1. The molecule has 0 atom stereocenters. The first-order valence-corrected chi connectivity index (χ1v) is 9.58. The molecular formula is C21H21ClN4O2. The molecule has 1 saturated heterocycles. The van der Waals surface area contributed by atoms with Crippen LogP contribution < -0.4 is 10.2 Å². The van der Waals surface area contributed by atoms with E-state index in [1.165, 1.54) is 0 Å². The Kier molecular flexibility index (Phi) is 5.48. The maximum atomic E-state index is 12.9. The lowest BCUT2D eigenvalue weighted by atomic mass is 10.2. The number of piperazine rings is 1. The second kappa shape index (κ2) is 8.35. The number of anilines is 2. The predicted molar refractivity (Wildman–Crippen MR) is 110 cm³/mol. The summed E-state index contributed by atoms with van der Waals surface area (Å²) in [5.41, 5.74) is 2.46. The number of furan rings is 1. The molecule has 0 unspecified atom stereocenters. The molecule has 0 saturated carbocycles. The Labute approximate surface area is 168 Å². The van der Waals surface area contributed by atoms with E-state index in [1.807, 2.05) is 47.4 Å². The van der Waals surface area contributed by atoms with Crippen LogP contribution in [0.4, 0.5) is 11.4 Å². The molecule has 4 rings (SSSR count). The van der Waals surface area contributed by atoms with Gasteiger partial charge in [0, 0.05) is 49.3 Å². The third kappa shape index (κ3) is 4.28. The molecule has 1 fully saturated rings. The lowest BCUT2D eigenvalue weighted by molar-refractivity contribution is 0.0746. The Morgan fingerprint density at radius 3 is 2.71 bits per heavy atom. The molecule has 0 aliphatic carbocycles. The summed E-state index contributed by atoms with van der Waals surface area (Å²) in [6, 6.07) is 13.4. The van der Waals surface area contributed by atoms with Gasteiger partial charge in [0.2, 0.25) is 0 Å². The molecule has 0 spiro atoms. The summed E-state index contributed by atoms with van der Waals surface area (Å²) in [6.45, 7) is 3.42. The third-order valence-electron chi connectivity index (χ3n) is 4.77. The zero-order valence-corrected chi connectivity index (χ0v) is 16.1. The van der Waals surface area contributed by atoms with Crippen molar-refractivity contribution < 1.29 is 9.21 Å². The second-order valence-corrected chi connectivity index (χ2v) is 7.09. The minimum Gasteiger partial charge on any atom is -0.467 e. The standard InChI is InChI=1S/C21H21ClN4O2/c22-17-3-1-4-19(12-17)25-6-8-26(9-7-25)21(27)16-11-18(14-23-13-16)24-15-20-5-2-10-28-20/h1-5,10-14,24H,6-9,15H2. The summed E-state index contributed by atoms with van der Waals surface area (Å²) < 4.78 is 5.31. The van der Waals surface area contributed by atoms with E-state index in [9.17, 15) is 4.79 Å². The van der Waals surface area contributed by atoms with Gasteiger partial charge in [0.05, 0.1) is 24.1 Å². The van der Waals surface area contributed by atoms with Crippen LogP contribution in [0.5, 0.6) is 0 Å². The van der Waals surface area contributed by atoms with E-state index in [2.05, 4.69) is 15.2 Å². The molecule has 0 bridgehead atoms. The summed E-state index contributed by atoms with van der Waals surface area (Å²) in [5, 5.41) is 3.95. The number of nitrogens with zero attached hydrogens (tertiary/aromatic N) is 3. The highest BCUT2D eigenvalue weighted by Gasteiger charge is 2.23. The maximum Gasteiger partial charge on any atom is 0.255 e. The van der Waals surface area contributed by atoms with E-state index < -0.39 is 0 Å². The number of rotatable bonds is 5. The molecule has 144 valence electrons. The van der Waals surface area contributed by atoms with Crippen LogP contribution in [0.25, 0.3) is 0 Å². The van der Waals surface area contributed by atoms with Crippen molar-refractivity contribution >= 4 is 28.9 Å². The minimum absolute atomic E-state index is 0.0000994. The lowest BCUT2D eigenvalue weighted by Crippen LogP contribution is -2.48. The number of hydrogen-bond acceptors (Lipinski definition) is 5. The van der Waals surface area contributed by atoms with Gasteiger partial charge in [0.15, 0.2) is 0 Å². The molecule has 3 aromatic rings. The van der Waals surface area contributed by atoms with Crippen LogP contribution in [0, 0.1) is 0 Å². The zero-order valence-electron chi connectivity index (χ0n) is 15.3. The fraction of sp³-hybridized carbons (Fsp3) is 0.238. The fourth-order valence-corrected chi connectivity index (χ4v) is 3.46. The van der Waals surface area contributed by atoms with Gasteiger partial charge in [-0.25, -0.2) is 0 Å². The van der Waals surface area contributed by atoms with Crippen molar-refractivity contribution in [3.05, 3.63) is 77.5 Å². The fourth-order valence-electron chi connectivity index (χ4n) is 3.28. The molecule has 1 aliphatic rings. The Hall–Kier alpha value is -2.99. The summed E-state index contributed by atoms with van der Waals surface area (Å²) in [6.07, 6.45) is 4.96. The van der Waals surface area contributed by atoms with Crippen LogP contribution in [0.15, 0.2) is 65.5 Å². The van der Waals surface area contributed by atoms with Gasteiger partial charge in [-0.1, -0.05) is 17.7 Å². The van der Waals surface area contributed by atoms with Crippen LogP contribution in [0.3, 0.4) is 0 Å². The molecule has 1 N–H and O–H groups in total. The molecule has 28 heavy (non-hydrogen) atoms. The highest BCUT2D eigenvalue weighted by molar-refractivity contribution is 6.30. The zero-order chi connectivity index (χ0) is 19.3. The number of carbonyl (C=O) groups excluding carboxylic acids is 1. The molecule has 1 aliphatic heterocycles. The van der Waals surface area contributed by atoms with Gasteiger partial charge in [0.1, 0.15) is 5.76 Å². The normalized spacial score (nSPS) is 14.2. The molecule has 0 radical (unpaired) electrons. The van der Waals surface area contributed by atoms with Crippen LogP contribution in [-0.2, 0) is 6.54 Å². The number of halogens is 1. The van der Waals surface area contributed by atoms with Crippen LogP contribution in [0.1, 0.15) is 16.1 Å². The number of aromatic nitrogens is 1. The van der Waals surface area contributed by atoms with Crippen molar-refractivity contribution in [3.63, 3.8) is 0 Å². The topological polar surface area (TPSA) is 61.6 Å². The Morgan fingerprint density at radius 1 is 1.11 bits per heavy atom. The Balaban J connectivity index is 1.36. The number of carbonyl (C=O) groups is 1. The maximum absolute atomic E-state index is 12.9. The first-order valence-electron chi connectivity index (χ1n) is 9.20. The quantitative estimate of drug-likeness (QED) is 0.708. The number of nitrogens with one attached hydrogen (secondary N) is 1. The number of hydrogen-bond donors (Lipinski definition) is 1. The van der Waals surface area contributed by atoms with Crippen LogP contribution in [0.2, 0.25) is 5.02 Å². The molecule has 6 nitrogen and oxygen atoms in total. The molecule has 1 amide bonds. The van der Waals surface area contributed by atoms with E-state index in [-0.39, 0.29) is 5.91 Å².